The number of hydrogen-bond acceptors (Lipinski definition) is 4. The number of halogens is 2. The van der Waals surface area contributed by atoms with E-state index in [2.05, 4.69) is 10.3 Å². The number of esters is 1. The van der Waals surface area contributed by atoms with Crippen LogP contribution in [-0.4, -0.2) is 23.0 Å². The summed E-state index contributed by atoms with van der Waals surface area (Å²) in [5, 5.41) is 2.85. The number of pyridine rings is 1. The number of nitrogens with zero attached hydrogens (tertiary/aromatic N) is 1. The van der Waals surface area contributed by atoms with E-state index >= 15 is 0 Å². The third kappa shape index (κ3) is 4.26. The molecule has 0 saturated carbocycles. The highest BCUT2D eigenvalue weighted by Crippen LogP contribution is 2.12. The molecule has 5 nitrogen and oxygen atoms in total. The van der Waals surface area contributed by atoms with Crippen LogP contribution in [0.4, 0.5) is 10.1 Å². The van der Waals surface area contributed by atoms with E-state index in [0.29, 0.717) is 10.7 Å². The lowest BCUT2D eigenvalue weighted by Crippen LogP contribution is -2.30. The summed E-state index contributed by atoms with van der Waals surface area (Å²) in [4.78, 5) is 27.6. The zero-order chi connectivity index (χ0) is 16.1. The maximum atomic E-state index is 12.8. The molecule has 0 bridgehead atoms. The Morgan fingerprint density at radius 2 is 1.95 bits per heavy atom. The number of rotatable bonds is 4. The average molecular weight is 323 g/mol. The van der Waals surface area contributed by atoms with Gasteiger partial charge in [-0.05, 0) is 43.3 Å². The van der Waals surface area contributed by atoms with Crippen LogP contribution in [0.15, 0.2) is 42.6 Å². The van der Waals surface area contributed by atoms with E-state index in [0.717, 1.165) is 0 Å². The molecule has 0 fully saturated rings. The maximum absolute atomic E-state index is 12.8. The van der Waals surface area contributed by atoms with Crippen LogP contribution in [0.5, 0.6) is 0 Å². The fourth-order valence-electron chi connectivity index (χ4n) is 1.57. The van der Waals surface area contributed by atoms with E-state index in [-0.39, 0.29) is 5.69 Å². The van der Waals surface area contributed by atoms with Gasteiger partial charge in [-0.1, -0.05) is 11.6 Å². The first-order chi connectivity index (χ1) is 10.5. The Morgan fingerprint density at radius 3 is 2.59 bits per heavy atom. The van der Waals surface area contributed by atoms with Crippen molar-refractivity contribution in [2.75, 3.05) is 5.32 Å². The Balaban J connectivity index is 1.96. The largest absolute Gasteiger partial charge is 0.448 e. The van der Waals surface area contributed by atoms with Crippen molar-refractivity contribution in [3.05, 3.63) is 59.1 Å². The van der Waals surface area contributed by atoms with Crippen LogP contribution in [0.3, 0.4) is 0 Å². The third-order valence-corrected chi connectivity index (χ3v) is 2.93. The number of amides is 1. The molecule has 1 N–H and O–H groups in total. The van der Waals surface area contributed by atoms with E-state index in [1.807, 2.05) is 0 Å². The number of hydrogen-bond donors (Lipinski definition) is 1. The highest BCUT2D eigenvalue weighted by atomic mass is 35.5. The Bertz CT molecular complexity index is 691. The van der Waals surface area contributed by atoms with Crippen LogP contribution < -0.4 is 5.32 Å². The van der Waals surface area contributed by atoms with Crippen LogP contribution in [0, 0.1) is 5.82 Å². The molecular formula is C15H12ClFN2O3. The molecule has 1 aromatic carbocycles. The molecule has 0 radical (unpaired) electrons. The van der Waals surface area contributed by atoms with Crippen LogP contribution in [-0.2, 0) is 9.53 Å². The number of ether oxygens (including phenoxy) is 1. The number of carbonyl (C=O) groups is 2. The van der Waals surface area contributed by atoms with Crippen molar-refractivity contribution in [3.8, 4) is 0 Å². The van der Waals surface area contributed by atoms with Crippen LogP contribution in [0.2, 0.25) is 5.02 Å². The average Bonchev–Trinajstić information content (AvgIpc) is 2.49. The van der Waals surface area contributed by atoms with Gasteiger partial charge in [0.05, 0.1) is 0 Å². The van der Waals surface area contributed by atoms with Crippen LogP contribution >= 0.6 is 11.6 Å². The summed E-state index contributed by atoms with van der Waals surface area (Å²) in [6, 6.07) is 8.09. The van der Waals surface area contributed by atoms with Crippen molar-refractivity contribution < 1.29 is 18.7 Å². The molecule has 0 aliphatic carbocycles. The Labute approximate surface area is 131 Å². The van der Waals surface area contributed by atoms with Gasteiger partial charge in [-0.25, -0.2) is 14.2 Å². The molecule has 0 unspecified atom stereocenters. The lowest BCUT2D eigenvalue weighted by Gasteiger charge is -2.13. The van der Waals surface area contributed by atoms with Crippen LogP contribution in [0.25, 0.3) is 0 Å². The molecule has 114 valence electrons. The minimum absolute atomic E-state index is 0.00827. The van der Waals surface area contributed by atoms with Gasteiger partial charge in [-0.2, -0.15) is 0 Å². The second-order valence-corrected chi connectivity index (χ2v) is 4.84. The van der Waals surface area contributed by atoms with Crippen molar-refractivity contribution in [1.29, 1.82) is 0 Å². The standard InChI is InChI=1S/C15H12ClFN2O3/c1-9(14(20)19-12-4-2-11(17)3-5-12)22-15(21)13-8-10(16)6-7-18-13/h2-9H,1H3,(H,19,20)/t9-/m0/s1. The van der Waals surface area contributed by atoms with Gasteiger partial charge in [-0.3, -0.25) is 4.79 Å². The van der Waals surface area contributed by atoms with Crippen molar-refractivity contribution >= 4 is 29.2 Å². The molecule has 2 rings (SSSR count). The van der Waals surface area contributed by atoms with Gasteiger partial charge in [0.1, 0.15) is 11.5 Å². The van der Waals surface area contributed by atoms with Gasteiger partial charge >= 0.3 is 5.97 Å². The molecule has 1 atom stereocenters. The topological polar surface area (TPSA) is 68.3 Å². The zero-order valence-electron chi connectivity index (χ0n) is 11.5. The van der Waals surface area contributed by atoms with Gasteiger partial charge < -0.3 is 10.1 Å². The summed E-state index contributed by atoms with van der Waals surface area (Å²) in [7, 11) is 0. The predicted octanol–water partition coefficient (Wildman–Crippen LogP) is 3.06. The Morgan fingerprint density at radius 1 is 1.27 bits per heavy atom. The molecule has 0 spiro atoms. The molecule has 0 saturated heterocycles. The SMILES string of the molecule is C[C@H](OC(=O)c1cc(Cl)ccn1)C(=O)Nc1ccc(F)cc1. The van der Waals surface area contributed by atoms with Gasteiger partial charge in [-0.15, -0.1) is 0 Å². The van der Waals surface area contributed by atoms with Crippen molar-refractivity contribution in [1.82, 2.24) is 4.98 Å². The quantitative estimate of drug-likeness (QED) is 0.878. The summed E-state index contributed by atoms with van der Waals surface area (Å²) < 4.78 is 17.8. The molecule has 7 heteroatoms. The highest BCUT2D eigenvalue weighted by molar-refractivity contribution is 6.30. The normalized spacial score (nSPS) is 11.6. The fraction of sp³-hybridized carbons (Fsp3) is 0.133. The summed E-state index contributed by atoms with van der Waals surface area (Å²) in [6.45, 7) is 1.42. The number of nitrogens with one attached hydrogen (secondary N) is 1. The van der Waals surface area contributed by atoms with Gasteiger partial charge in [0.2, 0.25) is 0 Å². The molecule has 2 aromatic rings. The van der Waals surface area contributed by atoms with E-state index in [9.17, 15) is 14.0 Å². The zero-order valence-corrected chi connectivity index (χ0v) is 12.3. The number of anilines is 1. The molecule has 0 aliphatic rings. The van der Waals surface area contributed by atoms with Gasteiger partial charge in [0.25, 0.3) is 5.91 Å². The summed E-state index contributed by atoms with van der Waals surface area (Å²) >= 11 is 5.75. The van der Waals surface area contributed by atoms with Crippen LogP contribution in [0.1, 0.15) is 17.4 Å². The number of benzene rings is 1. The van der Waals surface area contributed by atoms with Gasteiger partial charge in [0.15, 0.2) is 6.10 Å². The summed E-state index contributed by atoms with van der Waals surface area (Å²) in [6.07, 6.45) is 0.320. The second kappa shape index (κ2) is 7.00. The minimum Gasteiger partial charge on any atom is -0.448 e. The highest BCUT2D eigenvalue weighted by Gasteiger charge is 2.20. The Hall–Kier alpha value is -2.47. The fourth-order valence-corrected chi connectivity index (χ4v) is 1.73. The lowest BCUT2D eigenvalue weighted by atomic mass is 10.3. The predicted molar refractivity (Wildman–Crippen MR) is 79.2 cm³/mol. The first kappa shape index (κ1) is 15.9. The van der Waals surface area contributed by atoms with E-state index in [1.54, 1.807) is 0 Å². The maximum Gasteiger partial charge on any atom is 0.357 e. The first-order valence-electron chi connectivity index (χ1n) is 6.34. The molecule has 22 heavy (non-hydrogen) atoms. The van der Waals surface area contributed by atoms with Crippen molar-refractivity contribution in [2.24, 2.45) is 0 Å². The lowest BCUT2D eigenvalue weighted by molar-refractivity contribution is -0.123. The smallest absolute Gasteiger partial charge is 0.357 e. The minimum atomic E-state index is -1.04. The second-order valence-electron chi connectivity index (χ2n) is 4.40. The van der Waals surface area contributed by atoms with E-state index in [1.165, 1.54) is 49.5 Å². The molecule has 0 aliphatic heterocycles. The number of aromatic nitrogens is 1. The van der Waals surface area contributed by atoms with Gasteiger partial charge in [0, 0.05) is 16.9 Å². The molecule has 1 heterocycles. The number of carbonyl (C=O) groups excluding carboxylic acids is 2. The molecular weight excluding hydrogens is 311 g/mol. The van der Waals surface area contributed by atoms with Crippen molar-refractivity contribution in [3.63, 3.8) is 0 Å². The van der Waals surface area contributed by atoms with Crippen molar-refractivity contribution in [2.45, 2.75) is 13.0 Å². The molecule has 1 amide bonds. The molecule has 1 aromatic heterocycles. The van der Waals surface area contributed by atoms with E-state index < -0.39 is 23.8 Å². The monoisotopic (exact) mass is 322 g/mol. The Kier molecular flexibility index (Phi) is 5.06. The summed E-state index contributed by atoms with van der Waals surface area (Å²) in [5.74, 6) is -1.71. The first-order valence-corrected chi connectivity index (χ1v) is 6.72. The third-order valence-electron chi connectivity index (χ3n) is 2.70. The summed E-state index contributed by atoms with van der Waals surface area (Å²) in [5.41, 5.74) is 0.407. The van der Waals surface area contributed by atoms with E-state index in [4.69, 9.17) is 16.3 Å².